The summed E-state index contributed by atoms with van der Waals surface area (Å²) in [6, 6.07) is 12.0. The van der Waals surface area contributed by atoms with Gasteiger partial charge in [0.05, 0.1) is 4.92 Å². The zero-order valence-electron chi connectivity index (χ0n) is 15.0. The van der Waals surface area contributed by atoms with Gasteiger partial charge in [-0.15, -0.1) is 0 Å². The van der Waals surface area contributed by atoms with E-state index < -0.39 is 16.5 Å². The number of hydrogen-bond acceptors (Lipinski definition) is 6. The molecule has 0 unspecified atom stereocenters. The van der Waals surface area contributed by atoms with Crippen LogP contribution in [0.2, 0.25) is 0 Å². The van der Waals surface area contributed by atoms with E-state index in [0.717, 1.165) is 5.56 Å². The summed E-state index contributed by atoms with van der Waals surface area (Å²) >= 11 is 0. The highest BCUT2D eigenvalue weighted by molar-refractivity contribution is 5.94. The van der Waals surface area contributed by atoms with Crippen LogP contribution >= 0.6 is 0 Å². The van der Waals surface area contributed by atoms with Gasteiger partial charge < -0.3 is 9.15 Å². The second-order valence-corrected chi connectivity index (χ2v) is 7.09. The van der Waals surface area contributed by atoms with Gasteiger partial charge in [0.1, 0.15) is 16.9 Å². The van der Waals surface area contributed by atoms with Gasteiger partial charge in [-0.1, -0.05) is 32.9 Å². The Hall–Kier alpha value is -3.48. The molecule has 0 saturated carbocycles. The van der Waals surface area contributed by atoms with Gasteiger partial charge in [-0.3, -0.25) is 10.1 Å². The van der Waals surface area contributed by atoms with Crippen LogP contribution in [0.5, 0.6) is 5.75 Å². The molecule has 1 aromatic heterocycles. The van der Waals surface area contributed by atoms with Gasteiger partial charge >= 0.3 is 11.6 Å². The van der Waals surface area contributed by atoms with Crippen LogP contribution in [0.1, 0.15) is 36.7 Å². The van der Waals surface area contributed by atoms with Gasteiger partial charge in [0, 0.05) is 17.5 Å². The number of rotatable bonds is 3. The topological polar surface area (TPSA) is 99.7 Å². The standard InChI is InChI=1S/C20H17NO6/c1-20(2,3)13-4-7-15(8-5-13)26-18(22)16-11-12-10-14(21(24)25)6-9-17(12)27-19(16)23/h4-11H,1-3H3. The Kier molecular flexibility index (Phi) is 4.53. The summed E-state index contributed by atoms with van der Waals surface area (Å²) in [6.45, 7) is 6.19. The fraction of sp³-hybridized carbons (Fsp3) is 0.200. The van der Waals surface area contributed by atoms with Crippen molar-refractivity contribution >= 4 is 22.6 Å². The monoisotopic (exact) mass is 367 g/mol. The number of fused-ring (bicyclic) bond motifs is 1. The molecule has 0 amide bonds. The minimum atomic E-state index is -0.888. The van der Waals surface area contributed by atoms with E-state index in [-0.39, 0.29) is 33.4 Å². The van der Waals surface area contributed by atoms with E-state index in [9.17, 15) is 19.7 Å². The summed E-state index contributed by atoms with van der Waals surface area (Å²) in [5.41, 5.74) is -0.197. The molecule has 138 valence electrons. The highest BCUT2D eigenvalue weighted by atomic mass is 16.6. The third-order valence-electron chi connectivity index (χ3n) is 4.08. The molecule has 0 aliphatic carbocycles. The predicted molar refractivity (Wildman–Crippen MR) is 99.2 cm³/mol. The lowest BCUT2D eigenvalue weighted by Gasteiger charge is -2.18. The first-order valence-corrected chi connectivity index (χ1v) is 8.20. The Labute approximate surface area is 154 Å². The van der Waals surface area contributed by atoms with E-state index in [2.05, 4.69) is 20.8 Å². The Bertz CT molecular complexity index is 1090. The van der Waals surface area contributed by atoms with Crippen molar-refractivity contribution in [1.82, 2.24) is 0 Å². The number of carbonyl (C=O) groups is 1. The summed E-state index contributed by atoms with van der Waals surface area (Å²) in [5.74, 6) is -0.604. The van der Waals surface area contributed by atoms with Crippen molar-refractivity contribution in [2.75, 3.05) is 0 Å². The van der Waals surface area contributed by atoms with Gasteiger partial charge in [0.2, 0.25) is 0 Å². The number of hydrogen-bond donors (Lipinski definition) is 0. The largest absolute Gasteiger partial charge is 0.423 e. The van der Waals surface area contributed by atoms with Gasteiger partial charge in [0.25, 0.3) is 5.69 Å². The lowest BCUT2D eigenvalue weighted by Crippen LogP contribution is -2.19. The molecule has 0 fully saturated rings. The molecule has 27 heavy (non-hydrogen) atoms. The highest BCUT2D eigenvalue weighted by Crippen LogP contribution is 2.25. The van der Waals surface area contributed by atoms with Crippen LogP contribution < -0.4 is 10.4 Å². The Morgan fingerprint density at radius 3 is 2.33 bits per heavy atom. The number of non-ortho nitro benzene ring substituents is 1. The van der Waals surface area contributed by atoms with Crippen molar-refractivity contribution in [1.29, 1.82) is 0 Å². The minimum Gasteiger partial charge on any atom is -0.423 e. The van der Waals surface area contributed by atoms with Crippen molar-refractivity contribution in [3.05, 3.63) is 80.2 Å². The van der Waals surface area contributed by atoms with Crippen molar-refractivity contribution in [2.45, 2.75) is 26.2 Å². The first kappa shape index (κ1) is 18.3. The second kappa shape index (κ2) is 6.68. The molecule has 1 heterocycles. The fourth-order valence-electron chi connectivity index (χ4n) is 2.55. The molecule has 0 bridgehead atoms. The summed E-state index contributed by atoms with van der Waals surface area (Å²) in [6.07, 6.45) is 0. The molecule has 7 nitrogen and oxygen atoms in total. The lowest BCUT2D eigenvalue weighted by atomic mass is 9.87. The van der Waals surface area contributed by atoms with Gasteiger partial charge in [0.15, 0.2) is 0 Å². The molecular formula is C20H17NO6. The quantitative estimate of drug-likeness (QED) is 0.226. The van der Waals surface area contributed by atoms with E-state index in [1.54, 1.807) is 12.1 Å². The summed E-state index contributed by atoms with van der Waals surface area (Å²) in [7, 11) is 0. The van der Waals surface area contributed by atoms with E-state index in [1.807, 2.05) is 12.1 Å². The summed E-state index contributed by atoms with van der Waals surface area (Å²) in [5, 5.41) is 11.2. The summed E-state index contributed by atoms with van der Waals surface area (Å²) < 4.78 is 10.3. The van der Waals surface area contributed by atoms with Crippen molar-refractivity contribution in [2.24, 2.45) is 0 Å². The number of nitro groups is 1. The molecule has 0 aliphatic heterocycles. The van der Waals surface area contributed by atoms with Crippen LogP contribution in [-0.2, 0) is 5.41 Å². The first-order chi connectivity index (χ1) is 12.6. The SMILES string of the molecule is CC(C)(C)c1ccc(OC(=O)c2cc3cc([N+](=O)[O-])ccc3oc2=O)cc1. The normalized spacial score (nSPS) is 11.4. The molecule has 2 aromatic carbocycles. The maximum Gasteiger partial charge on any atom is 0.351 e. The smallest absolute Gasteiger partial charge is 0.351 e. The lowest BCUT2D eigenvalue weighted by molar-refractivity contribution is -0.384. The van der Waals surface area contributed by atoms with Crippen LogP contribution in [-0.4, -0.2) is 10.9 Å². The molecule has 0 atom stereocenters. The van der Waals surface area contributed by atoms with Gasteiger partial charge in [-0.05, 0) is 35.2 Å². The average Bonchev–Trinajstić information content (AvgIpc) is 2.60. The number of benzene rings is 2. The highest BCUT2D eigenvalue weighted by Gasteiger charge is 2.18. The van der Waals surface area contributed by atoms with Crippen LogP contribution in [0.3, 0.4) is 0 Å². The molecule has 7 heteroatoms. The summed E-state index contributed by atoms with van der Waals surface area (Å²) in [4.78, 5) is 34.8. The van der Waals surface area contributed by atoms with Crippen LogP contribution in [0.4, 0.5) is 5.69 Å². The second-order valence-electron chi connectivity index (χ2n) is 7.09. The molecule has 3 aromatic rings. The fourth-order valence-corrected chi connectivity index (χ4v) is 2.55. The molecule has 3 rings (SSSR count). The molecule has 0 aliphatic rings. The van der Waals surface area contributed by atoms with E-state index in [1.165, 1.54) is 24.3 Å². The van der Waals surface area contributed by atoms with Gasteiger partial charge in [-0.25, -0.2) is 9.59 Å². The number of carbonyl (C=O) groups excluding carboxylic acids is 1. The number of nitrogens with zero attached hydrogens (tertiary/aromatic N) is 1. The van der Waals surface area contributed by atoms with E-state index in [0.29, 0.717) is 0 Å². The van der Waals surface area contributed by atoms with Crippen LogP contribution in [0, 0.1) is 10.1 Å². The van der Waals surface area contributed by atoms with E-state index in [4.69, 9.17) is 9.15 Å². The Balaban J connectivity index is 1.91. The molecule has 0 N–H and O–H groups in total. The maximum absolute atomic E-state index is 12.4. The van der Waals surface area contributed by atoms with Crippen molar-refractivity contribution in [3.63, 3.8) is 0 Å². The van der Waals surface area contributed by atoms with Crippen molar-refractivity contribution < 1.29 is 18.9 Å². The zero-order valence-corrected chi connectivity index (χ0v) is 15.0. The maximum atomic E-state index is 12.4. The molecule has 0 radical (unpaired) electrons. The molecular weight excluding hydrogens is 350 g/mol. The third kappa shape index (κ3) is 3.87. The van der Waals surface area contributed by atoms with Crippen molar-refractivity contribution in [3.8, 4) is 5.75 Å². The number of esters is 1. The Morgan fingerprint density at radius 1 is 1.07 bits per heavy atom. The minimum absolute atomic E-state index is 0.0450. The molecule has 0 saturated heterocycles. The predicted octanol–water partition coefficient (Wildman–Crippen LogP) is 4.22. The number of nitro benzene ring substituents is 1. The number of ether oxygens (including phenoxy) is 1. The zero-order chi connectivity index (χ0) is 19.8. The van der Waals surface area contributed by atoms with Crippen LogP contribution in [0.25, 0.3) is 11.0 Å². The average molecular weight is 367 g/mol. The Morgan fingerprint density at radius 2 is 1.74 bits per heavy atom. The third-order valence-corrected chi connectivity index (χ3v) is 4.08. The van der Waals surface area contributed by atoms with Crippen LogP contribution in [0.15, 0.2) is 57.7 Å². The van der Waals surface area contributed by atoms with E-state index >= 15 is 0 Å². The first-order valence-electron chi connectivity index (χ1n) is 8.20. The molecule has 0 spiro atoms. The van der Waals surface area contributed by atoms with Gasteiger partial charge in [-0.2, -0.15) is 0 Å².